The molecule has 0 spiro atoms. The van der Waals surface area contributed by atoms with Gasteiger partial charge in [0.2, 0.25) is 0 Å². The highest BCUT2D eigenvalue weighted by atomic mass is 79.9. The van der Waals surface area contributed by atoms with E-state index >= 15 is 0 Å². The summed E-state index contributed by atoms with van der Waals surface area (Å²) in [6.45, 7) is 0. The number of benzene rings is 2. The maximum absolute atomic E-state index is 12.3. The van der Waals surface area contributed by atoms with E-state index in [1.807, 2.05) is 36.4 Å². The fourth-order valence-corrected chi connectivity index (χ4v) is 3.65. The van der Waals surface area contributed by atoms with Crippen LogP contribution in [-0.2, 0) is 0 Å². The Morgan fingerprint density at radius 2 is 1.65 bits per heavy atom. The van der Waals surface area contributed by atoms with Crippen LogP contribution >= 0.6 is 47.8 Å². The number of halogens is 3. The minimum absolute atomic E-state index is 0.0542. The Morgan fingerprint density at radius 1 is 1.05 bits per heavy atom. The number of hydrogen-bond acceptors (Lipinski definition) is 1. The van der Waals surface area contributed by atoms with Gasteiger partial charge < -0.3 is 5.32 Å². The molecule has 0 aromatic heterocycles. The third-order valence-electron chi connectivity index (χ3n) is 2.79. The molecule has 0 radical (unpaired) electrons. The van der Waals surface area contributed by atoms with Crippen molar-refractivity contribution in [3.63, 3.8) is 0 Å². The average molecular weight is 462 g/mol. The van der Waals surface area contributed by atoms with Crippen LogP contribution in [0.2, 0.25) is 0 Å². The summed E-state index contributed by atoms with van der Waals surface area (Å²) in [5, 5.41) is 3.69. The van der Waals surface area contributed by atoms with E-state index in [1.165, 1.54) is 0 Å². The maximum Gasteiger partial charge on any atom is 0.251 e. The summed E-state index contributed by atoms with van der Waals surface area (Å²) in [5.41, 5.74) is 1.69. The van der Waals surface area contributed by atoms with Crippen molar-refractivity contribution in [3.8, 4) is 0 Å². The average Bonchev–Trinajstić information content (AvgIpc) is 2.44. The second-order valence-electron chi connectivity index (χ2n) is 4.25. The first-order valence-electron chi connectivity index (χ1n) is 5.98. The first-order chi connectivity index (χ1) is 9.60. The second kappa shape index (κ2) is 7.38. The lowest BCUT2D eigenvalue weighted by Crippen LogP contribution is -2.29. The zero-order valence-electron chi connectivity index (χ0n) is 10.4. The van der Waals surface area contributed by atoms with Crippen LogP contribution in [-0.4, -0.2) is 11.2 Å². The molecule has 0 bridgehead atoms. The lowest BCUT2D eigenvalue weighted by Gasteiger charge is -2.17. The summed E-state index contributed by atoms with van der Waals surface area (Å²) >= 11 is 10.2. The highest BCUT2D eigenvalue weighted by Gasteiger charge is 2.15. The fraction of sp³-hybridized carbons (Fsp3) is 0.133. The van der Waals surface area contributed by atoms with Crippen molar-refractivity contribution >= 4 is 53.7 Å². The van der Waals surface area contributed by atoms with Gasteiger partial charge in [-0.05, 0) is 23.8 Å². The lowest BCUT2D eigenvalue weighted by atomic mass is 10.1. The van der Waals surface area contributed by atoms with E-state index in [0.29, 0.717) is 10.9 Å². The van der Waals surface area contributed by atoms with E-state index in [2.05, 4.69) is 53.1 Å². The van der Waals surface area contributed by atoms with E-state index in [9.17, 15) is 4.79 Å². The SMILES string of the molecule is O=C(NC(CBr)c1ccccc1)c1cc(Br)cc(Br)c1. The molecule has 104 valence electrons. The molecule has 0 aliphatic heterocycles. The minimum Gasteiger partial charge on any atom is -0.344 e. The van der Waals surface area contributed by atoms with Crippen molar-refractivity contribution in [1.29, 1.82) is 0 Å². The summed E-state index contributed by atoms with van der Waals surface area (Å²) < 4.78 is 1.74. The monoisotopic (exact) mass is 459 g/mol. The topological polar surface area (TPSA) is 29.1 Å². The Bertz CT molecular complexity index is 581. The summed E-state index contributed by atoms with van der Waals surface area (Å²) in [5.74, 6) is -0.0969. The number of hydrogen-bond donors (Lipinski definition) is 1. The van der Waals surface area contributed by atoms with E-state index in [4.69, 9.17) is 0 Å². The quantitative estimate of drug-likeness (QED) is 0.632. The molecule has 20 heavy (non-hydrogen) atoms. The molecule has 1 atom stereocenters. The molecule has 5 heteroatoms. The van der Waals surface area contributed by atoms with Crippen LogP contribution < -0.4 is 5.32 Å². The standard InChI is InChI=1S/C15H12Br3NO/c16-9-14(10-4-2-1-3-5-10)19-15(20)11-6-12(17)8-13(18)7-11/h1-8,14H,9H2,(H,19,20). The third-order valence-corrected chi connectivity index (χ3v) is 4.35. The zero-order chi connectivity index (χ0) is 14.5. The summed E-state index contributed by atoms with van der Waals surface area (Å²) in [4.78, 5) is 12.3. The molecule has 0 saturated carbocycles. The predicted molar refractivity (Wildman–Crippen MR) is 92.3 cm³/mol. The number of amides is 1. The van der Waals surface area contributed by atoms with Crippen LogP contribution in [0.3, 0.4) is 0 Å². The molecule has 1 amide bonds. The lowest BCUT2D eigenvalue weighted by molar-refractivity contribution is 0.0940. The minimum atomic E-state index is -0.0969. The van der Waals surface area contributed by atoms with Gasteiger partial charge in [0, 0.05) is 19.8 Å². The molecule has 1 N–H and O–H groups in total. The van der Waals surface area contributed by atoms with Gasteiger partial charge >= 0.3 is 0 Å². The van der Waals surface area contributed by atoms with Gasteiger partial charge in [0.15, 0.2) is 0 Å². The molecule has 2 aromatic rings. The first kappa shape index (κ1) is 15.7. The Balaban J connectivity index is 2.17. The van der Waals surface area contributed by atoms with Crippen LogP contribution in [0.15, 0.2) is 57.5 Å². The Hall–Kier alpha value is -0.650. The first-order valence-corrected chi connectivity index (χ1v) is 8.69. The normalized spacial score (nSPS) is 11.9. The van der Waals surface area contributed by atoms with Crippen LogP contribution in [0.5, 0.6) is 0 Å². The van der Waals surface area contributed by atoms with Crippen LogP contribution in [0.4, 0.5) is 0 Å². The smallest absolute Gasteiger partial charge is 0.251 e. The maximum atomic E-state index is 12.3. The van der Waals surface area contributed by atoms with Crippen molar-refractivity contribution < 1.29 is 4.79 Å². The molecular weight excluding hydrogens is 450 g/mol. The van der Waals surface area contributed by atoms with Crippen LogP contribution in [0, 0.1) is 0 Å². The molecule has 0 saturated heterocycles. The third kappa shape index (κ3) is 4.17. The van der Waals surface area contributed by atoms with Gasteiger partial charge in [-0.1, -0.05) is 78.1 Å². The predicted octanol–water partition coefficient (Wildman–Crippen LogP) is 5.08. The van der Waals surface area contributed by atoms with Gasteiger partial charge in [-0.25, -0.2) is 0 Å². The molecule has 0 heterocycles. The number of carbonyl (C=O) groups is 1. The van der Waals surface area contributed by atoms with Gasteiger partial charge in [-0.3, -0.25) is 4.79 Å². The number of alkyl halides is 1. The molecule has 0 aliphatic carbocycles. The molecule has 0 aliphatic rings. The van der Waals surface area contributed by atoms with Gasteiger partial charge in [-0.15, -0.1) is 0 Å². The van der Waals surface area contributed by atoms with Crippen molar-refractivity contribution in [2.24, 2.45) is 0 Å². The molecule has 1 unspecified atom stereocenters. The molecular formula is C15H12Br3NO. The summed E-state index contributed by atoms with van der Waals surface area (Å²) in [6.07, 6.45) is 0. The largest absolute Gasteiger partial charge is 0.344 e. The molecule has 2 rings (SSSR count). The summed E-state index contributed by atoms with van der Waals surface area (Å²) in [7, 11) is 0. The Kier molecular flexibility index (Phi) is 5.81. The van der Waals surface area contributed by atoms with Gasteiger partial charge in [0.25, 0.3) is 5.91 Å². The number of rotatable bonds is 4. The van der Waals surface area contributed by atoms with Gasteiger partial charge in [0.05, 0.1) is 6.04 Å². The highest BCUT2D eigenvalue weighted by Crippen LogP contribution is 2.21. The van der Waals surface area contributed by atoms with Gasteiger partial charge in [-0.2, -0.15) is 0 Å². The second-order valence-corrected chi connectivity index (χ2v) is 6.73. The fourth-order valence-electron chi connectivity index (χ4n) is 1.82. The molecule has 2 aromatic carbocycles. The summed E-state index contributed by atoms with van der Waals surface area (Å²) in [6, 6.07) is 15.3. The van der Waals surface area contributed by atoms with E-state index < -0.39 is 0 Å². The molecule has 2 nitrogen and oxygen atoms in total. The highest BCUT2D eigenvalue weighted by molar-refractivity contribution is 9.11. The van der Waals surface area contributed by atoms with E-state index in [-0.39, 0.29) is 11.9 Å². The van der Waals surface area contributed by atoms with Crippen LogP contribution in [0.1, 0.15) is 22.0 Å². The Morgan fingerprint density at radius 3 is 2.20 bits per heavy atom. The van der Waals surface area contributed by atoms with Crippen molar-refractivity contribution in [1.82, 2.24) is 5.32 Å². The Labute approximate surface area is 143 Å². The van der Waals surface area contributed by atoms with Crippen molar-refractivity contribution in [2.75, 3.05) is 5.33 Å². The zero-order valence-corrected chi connectivity index (χ0v) is 15.2. The number of carbonyl (C=O) groups excluding carboxylic acids is 1. The van der Waals surface area contributed by atoms with E-state index in [0.717, 1.165) is 14.5 Å². The van der Waals surface area contributed by atoms with Crippen LogP contribution in [0.25, 0.3) is 0 Å². The van der Waals surface area contributed by atoms with E-state index in [1.54, 1.807) is 12.1 Å². The van der Waals surface area contributed by atoms with Gasteiger partial charge in [0.1, 0.15) is 0 Å². The number of nitrogens with one attached hydrogen (secondary N) is 1. The van der Waals surface area contributed by atoms with Crippen molar-refractivity contribution in [3.05, 3.63) is 68.6 Å². The van der Waals surface area contributed by atoms with Crippen molar-refractivity contribution in [2.45, 2.75) is 6.04 Å². The molecule has 0 fully saturated rings.